The summed E-state index contributed by atoms with van der Waals surface area (Å²) in [4.78, 5) is 12.7. The van der Waals surface area contributed by atoms with Crippen molar-refractivity contribution in [1.82, 2.24) is 15.0 Å². The van der Waals surface area contributed by atoms with Crippen molar-refractivity contribution in [3.05, 3.63) is 78.0 Å². The minimum Gasteiger partial charge on any atom is -0.342 e. The quantitative estimate of drug-likeness (QED) is 0.757. The number of pyridine rings is 1. The monoisotopic (exact) mass is 303 g/mol. The van der Waals surface area contributed by atoms with Crippen LogP contribution in [0.3, 0.4) is 0 Å². The van der Waals surface area contributed by atoms with E-state index in [0.717, 1.165) is 48.4 Å². The average Bonchev–Trinajstić information content (AvgIpc) is 3.10. The summed E-state index contributed by atoms with van der Waals surface area (Å²) >= 11 is 0. The number of nitrogens with one attached hydrogen (secondary N) is 1. The van der Waals surface area contributed by atoms with Crippen LogP contribution in [0, 0.1) is 0 Å². The van der Waals surface area contributed by atoms with Gasteiger partial charge in [0.1, 0.15) is 5.82 Å². The summed E-state index contributed by atoms with van der Waals surface area (Å²) in [6.07, 6.45) is 12.6. The van der Waals surface area contributed by atoms with Crippen molar-refractivity contribution in [1.29, 1.82) is 0 Å². The number of aromatic amines is 1. The number of H-pyrrole nitrogens is 1. The van der Waals surface area contributed by atoms with Crippen molar-refractivity contribution in [2.75, 3.05) is 0 Å². The van der Waals surface area contributed by atoms with E-state index in [1.54, 1.807) is 0 Å². The molecular weight excluding hydrogens is 282 g/mol. The van der Waals surface area contributed by atoms with Gasteiger partial charge in [-0.05, 0) is 37.0 Å². The van der Waals surface area contributed by atoms with Crippen LogP contribution in [0.15, 0.2) is 60.8 Å². The first-order valence-corrected chi connectivity index (χ1v) is 8.14. The molecule has 3 nitrogen and oxygen atoms in total. The van der Waals surface area contributed by atoms with E-state index in [2.05, 4.69) is 52.5 Å². The van der Waals surface area contributed by atoms with Crippen LogP contribution in [-0.2, 0) is 12.8 Å². The SMILES string of the molecule is C1=CC(c2cnc(CCc3ccc4ccccc4n3)[nH]2)=CCC1.[HH]. The first kappa shape index (κ1) is 13.9. The van der Waals surface area contributed by atoms with Crippen molar-refractivity contribution in [2.24, 2.45) is 0 Å². The van der Waals surface area contributed by atoms with E-state index in [1.165, 1.54) is 11.0 Å². The number of imidazole rings is 1. The fraction of sp³-hybridized carbons (Fsp3) is 0.200. The van der Waals surface area contributed by atoms with Crippen LogP contribution >= 0.6 is 0 Å². The molecule has 3 heteroatoms. The van der Waals surface area contributed by atoms with Crippen molar-refractivity contribution < 1.29 is 1.43 Å². The molecule has 0 bridgehead atoms. The first-order chi connectivity index (χ1) is 11.4. The lowest BCUT2D eigenvalue weighted by Gasteiger charge is -2.04. The Balaban J connectivity index is 0.00000169. The highest BCUT2D eigenvalue weighted by molar-refractivity contribution is 5.78. The van der Waals surface area contributed by atoms with Gasteiger partial charge in [0.05, 0.1) is 17.4 Å². The van der Waals surface area contributed by atoms with Crippen LogP contribution in [0.4, 0.5) is 0 Å². The third-order valence-corrected chi connectivity index (χ3v) is 4.21. The lowest BCUT2D eigenvalue weighted by Crippen LogP contribution is -1.97. The molecule has 1 aliphatic rings. The Labute approximate surface area is 137 Å². The summed E-state index contributed by atoms with van der Waals surface area (Å²) in [5.74, 6) is 1.02. The molecule has 0 unspecified atom stereocenters. The van der Waals surface area contributed by atoms with Gasteiger partial charge in [-0.3, -0.25) is 4.98 Å². The van der Waals surface area contributed by atoms with Gasteiger partial charge < -0.3 is 4.98 Å². The number of aromatic nitrogens is 3. The zero-order chi connectivity index (χ0) is 15.5. The van der Waals surface area contributed by atoms with Gasteiger partial charge in [0.2, 0.25) is 0 Å². The van der Waals surface area contributed by atoms with Gasteiger partial charge in [-0.1, -0.05) is 42.5 Å². The van der Waals surface area contributed by atoms with Crippen LogP contribution in [0.2, 0.25) is 0 Å². The second-order valence-corrected chi connectivity index (χ2v) is 5.88. The summed E-state index contributed by atoms with van der Waals surface area (Å²) < 4.78 is 0. The highest BCUT2D eigenvalue weighted by atomic mass is 14.9. The van der Waals surface area contributed by atoms with Crippen LogP contribution in [0.1, 0.15) is 31.5 Å². The summed E-state index contributed by atoms with van der Waals surface area (Å²) in [5, 5.41) is 1.19. The van der Waals surface area contributed by atoms with Gasteiger partial charge >= 0.3 is 0 Å². The molecule has 1 aromatic carbocycles. The topological polar surface area (TPSA) is 41.6 Å². The number of benzene rings is 1. The van der Waals surface area contributed by atoms with E-state index < -0.39 is 0 Å². The molecule has 0 saturated heterocycles. The van der Waals surface area contributed by atoms with Crippen molar-refractivity contribution >= 4 is 16.5 Å². The van der Waals surface area contributed by atoms with Gasteiger partial charge in [0, 0.05) is 18.9 Å². The number of rotatable bonds is 4. The maximum atomic E-state index is 4.72. The number of fused-ring (bicyclic) bond motifs is 1. The molecule has 0 saturated carbocycles. The van der Waals surface area contributed by atoms with Crippen LogP contribution in [-0.4, -0.2) is 15.0 Å². The number of allylic oxidation sites excluding steroid dienone is 4. The highest BCUT2D eigenvalue weighted by Crippen LogP contribution is 2.20. The molecule has 1 N–H and O–H groups in total. The third kappa shape index (κ3) is 3.09. The highest BCUT2D eigenvalue weighted by Gasteiger charge is 2.06. The smallest absolute Gasteiger partial charge is 0.106 e. The van der Waals surface area contributed by atoms with Crippen molar-refractivity contribution in [2.45, 2.75) is 25.7 Å². The minimum absolute atomic E-state index is 0. The largest absolute Gasteiger partial charge is 0.342 e. The fourth-order valence-corrected chi connectivity index (χ4v) is 2.94. The molecule has 0 aliphatic heterocycles. The maximum Gasteiger partial charge on any atom is 0.106 e. The Bertz CT molecular complexity index is 893. The van der Waals surface area contributed by atoms with Gasteiger partial charge in [-0.25, -0.2) is 4.98 Å². The minimum atomic E-state index is 0. The zero-order valence-corrected chi connectivity index (χ0v) is 13.0. The molecule has 0 atom stereocenters. The molecule has 0 amide bonds. The van der Waals surface area contributed by atoms with Crippen LogP contribution in [0.25, 0.3) is 16.5 Å². The normalized spacial score (nSPS) is 14.2. The molecule has 1 aliphatic carbocycles. The lowest BCUT2D eigenvalue weighted by atomic mass is 10.1. The van der Waals surface area contributed by atoms with Gasteiger partial charge in [-0.2, -0.15) is 0 Å². The standard InChI is InChI=1S/C20H19N3.H2/c1-2-6-15(7-3-1)19-14-21-20(23-19)13-12-17-11-10-16-8-4-5-9-18(16)22-17;/h2,4-11,14H,1,3,12-13H2,(H,21,23);1H. The average molecular weight is 303 g/mol. The number of nitrogens with zero attached hydrogens (tertiary/aromatic N) is 2. The zero-order valence-electron chi connectivity index (χ0n) is 13.0. The van der Waals surface area contributed by atoms with E-state index in [1.807, 2.05) is 18.3 Å². The Morgan fingerprint density at radius 3 is 2.91 bits per heavy atom. The van der Waals surface area contributed by atoms with E-state index >= 15 is 0 Å². The molecule has 4 rings (SSSR count). The van der Waals surface area contributed by atoms with Crippen LogP contribution < -0.4 is 0 Å². The van der Waals surface area contributed by atoms with E-state index in [9.17, 15) is 0 Å². The molecule has 0 radical (unpaired) electrons. The number of aryl methyl sites for hydroxylation is 2. The number of hydrogen-bond acceptors (Lipinski definition) is 2. The Morgan fingerprint density at radius 2 is 2.00 bits per heavy atom. The second kappa shape index (κ2) is 6.21. The predicted molar refractivity (Wildman–Crippen MR) is 96.2 cm³/mol. The third-order valence-electron chi connectivity index (χ3n) is 4.21. The summed E-state index contributed by atoms with van der Waals surface area (Å²) in [7, 11) is 0. The van der Waals surface area contributed by atoms with E-state index in [-0.39, 0.29) is 1.43 Å². The summed E-state index contributed by atoms with van der Waals surface area (Å²) in [5.41, 5.74) is 4.53. The number of hydrogen-bond donors (Lipinski definition) is 1. The fourth-order valence-electron chi connectivity index (χ4n) is 2.94. The Morgan fingerprint density at radius 1 is 1.04 bits per heavy atom. The van der Waals surface area contributed by atoms with Crippen LogP contribution in [0.5, 0.6) is 0 Å². The second-order valence-electron chi connectivity index (χ2n) is 5.88. The first-order valence-electron chi connectivity index (χ1n) is 8.14. The van der Waals surface area contributed by atoms with E-state index in [0.29, 0.717) is 0 Å². The molecular formula is C20H21N3. The molecule has 116 valence electrons. The van der Waals surface area contributed by atoms with Crippen molar-refractivity contribution in [3.8, 4) is 0 Å². The lowest BCUT2D eigenvalue weighted by molar-refractivity contribution is 0.860. The van der Waals surface area contributed by atoms with Gasteiger partial charge in [0.25, 0.3) is 0 Å². The molecule has 23 heavy (non-hydrogen) atoms. The summed E-state index contributed by atoms with van der Waals surface area (Å²) in [6, 6.07) is 12.5. The Hall–Kier alpha value is -2.68. The van der Waals surface area contributed by atoms with E-state index in [4.69, 9.17) is 4.98 Å². The van der Waals surface area contributed by atoms with Gasteiger partial charge in [0.15, 0.2) is 0 Å². The molecule has 3 aromatic rings. The molecule has 0 spiro atoms. The molecule has 0 fully saturated rings. The summed E-state index contributed by atoms with van der Waals surface area (Å²) in [6.45, 7) is 0. The molecule has 2 heterocycles. The van der Waals surface area contributed by atoms with Gasteiger partial charge in [-0.15, -0.1) is 0 Å². The van der Waals surface area contributed by atoms with Crippen molar-refractivity contribution in [3.63, 3.8) is 0 Å². The number of para-hydroxylation sites is 1. The Kier molecular flexibility index (Phi) is 3.76. The molecule has 2 aromatic heterocycles. The maximum absolute atomic E-state index is 4.72. The predicted octanol–water partition coefficient (Wildman–Crippen LogP) is 4.72.